The average molecular weight is 398 g/mol. The van der Waals surface area contributed by atoms with E-state index in [9.17, 15) is 25.1 Å². The predicted octanol–water partition coefficient (Wildman–Crippen LogP) is 1.66. The number of carbonyl (C=O) groups excluding carboxylic acids is 1. The van der Waals surface area contributed by atoms with Crippen LogP contribution in [0.5, 0.6) is 0 Å². The molecular formula is C21H22N2O6. The number of rotatable bonds is 2. The van der Waals surface area contributed by atoms with Crippen LogP contribution >= 0.6 is 0 Å². The number of carboxylic acid groups (broad SMARTS) is 1. The third-order valence-electron chi connectivity index (χ3n) is 8.60. The number of hydroxylamine groups is 3. The molecule has 1 aromatic rings. The first-order chi connectivity index (χ1) is 13.7. The largest absolute Gasteiger partial charge is 0.632 e. The summed E-state index contributed by atoms with van der Waals surface area (Å²) in [5.74, 6) is -2.88. The molecule has 5 aliphatic heterocycles. The van der Waals surface area contributed by atoms with Gasteiger partial charge in [0, 0.05) is 31.4 Å². The minimum atomic E-state index is -0.975. The zero-order valence-electron chi connectivity index (χ0n) is 16.1. The zero-order valence-corrected chi connectivity index (χ0v) is 16.1. The molecule has 1 spiro atoms. The fourth-order valence-electron chi connectivity index (χ4n) is 7.90. The van der Waals surface area contributed by atoms with Crippen LogP contribution in [0.4, 0.5) is 5.69 Å². The Kier molecular flexibility index (Phi) is 3.00. The lowest BCUT2D eigenvalue weighted by Crippen LogP contribution is -2.79. The summed E-state index contributed by atoms with van der Waals surface area (Å²) in [7, 11) is 0. The van der Waals surface area contributed by atoms with Crippen molar-refractivity contribution in [1.82, 2.24) is 0 Å². The smallest absolute Gasteiger partial charge is 0.312 e. The molecule has 0 amide bonds. The van der Waals surface area contributed by atoms with E-state index in [-0.39, 0.29) is 17.9 Å². The van der Waals surface area contributed by atoms with E-state index >= 15 is 0 Å². The van der Waals surface area contributed by atoms with Gasteiger partial charge >= 0.3 is 11.9 Å². The van der Waals surface area contributed by atoms with Gasteiger partial charge in [0.1, 0.15) is 23.5 Å². The van der Waals surface area contributed by atoms with E-state index in [4.69, 9.17) is 4.74 Å². The van der Waals surface area contributed by atoms with Crippen LogP contribution in [0.25, 0.3) is 0 Å². The minimum absolute atomic E-state index is 0.283. The summed E-state index contributed by atoms with van der Waals surface area (Å²) in [4.78, 5) is 24.2. The summed E-state index contributed by atoms with van der Waals surface area (Å²) in [5, 5.41) is 37.7. The van der Waals surface area contributed by atoms with Gasteiger partial charge < -0.3 is 24.9 Å². The van der Waals surface area contributed by atoms with Crippen LogP contribution in [0.2, 0.25) is 0 Å². The van der Waals surface area contributed by atoms with Crippen LogP contribution in [0.1, 0.15) is 32.3 Å². The molecule has 8 heteroatoms. The van der Waals surface area contributed by atoms with Crippen molar-refractivity contribution >= 4 is 23.3 Å². The maximum absolute atomic E-state index is 14.4. The number of ether oxygens (including phenoxy) is 1. The molecule has 5 fully saturated rings. The summed E-state index contributed by atoms with van der Waals surface area (Å²) in [6.45, 7) is 3.04. The molecule has 29 heavy (non-hydrogen) atoms. The summed E-state index contributed by atoms with van der Waals surface area (Å²) < 4.78 is 6.06. The van der Waals surface area contributed by atoms with Crippen LogP contribution in [0.15, 0.2) is 24.3 Å². The van der Waals surface area contributed by atoms with Crippen molar-refractivity contribution in [3.05, 3.63) is 40.2 Å². The highest BCUT2D eigenvalue weighted by Crippen LogP contribution is 2.69. The Morgan fingerprint density at radius 1 is 1.34 bits per heavy atom. The molecule has 5 bridgehead atoms. The lowest BCUT2D eigenvalue weighted by molar-refractivity contribution is -0.967. The number of para-hydroxylation sites is 1. The molecular weight excluding hydrogens is 376 g/mol. The number of hydrogen-bond acceptors (Lipinski definition) is 5. The number of fused-ring (bicyclic) bond motifs is 2. The Balaban J connectivity index is 1.67. The molecule has 0 radical (unpaired) electrons. The standard InChI is InChI=1S/C21H22N2O6/c1-9-16(20(25)26)11-7-14-18-21(12-5-3-4-6-13(12)22(18)27)8-15(23(9,14)28)17(11)19(21)29-10(2)24/h3-6,9,11,14-17,19H,7-8H2,1-2H3,(H,25,26)/t9?,11-,14-,15-,16-,17-,19?,21+,23?/m0/s1. The van der Waals surface area contributed by atoms with E-state index in [0.717, 1.165) is 10.3 Å². The Morgan fingerprint density at radius 3 is 2.76 bits per heavy atom. The van der Waals surface area contributed by atoms with Gasteiger partial charge in [-0.05, 0) is 12.8 Å². The Bertz CT molecular complexity index is 1020. The van der Waals surface area contributed by atoms with Gasteiger partial charge in [-0.15, -0.1) is 0 Å². The SMILES string of the molecule is CC(=O)OC1[C@H]2[C@H]3C[C@H]4C5=[N+]([O-])c6ccccc6[C@]51C[C@@H]2[N+]4([O-])C(C)[C@@H]3C(=O)O. The van der Waals surface area contributed by atoms with Gasteiger partial charge in [-0.25, -0.2) is 0 Å². The molecule has 4 saturated heterocycles. The van der Waals surface area contributed by atoms with Crippen LogP contribution < -0.4 is 0 Å². The van der Waals surface area contributed by atoms with Crippen LogP contribution in [-0.2, 0) is 19.7 Å². The van der Waals surface area contributed by atoms with E-state index in [2.05, 4.69) is 0 Å². The van der Waals surface area contributed by atoms with E-state index < -0.39 is 46.1 Å². The third-order valence-corrected chi connectivity index (χ3v) is 8.60. The lowest BCUT2D eigenvalue weighted by atomic mass is 9.61. The van der Waals surface area contributed by atoms with Crippen molar-refractivity contribution in [2.75, 3.05) is 0 Å². The zero-order chi connectivity index (χ0) is 20.5. The molecule has 7 rings (SSSR count). The van der Waals surface area contributed by atoms with Gasteiger partial charge in [0.2, 0.25) is 11.4 Å². The highest BCUT2D eigenvalue weighted by atomic mass is 16.6. The van der Waals surface area contributed by atoms with Gasteiger partial charge in [0.25, 0.3) is 0 Å². The second kappa shape index (κ2) is 4.99. The van der Waals surface area contributed by atoms with Crippen LogP contribution in [-0.4, -0.2) is 56.4 Å². The molecule has 9 atom stereocenters. The van der Waals surface area contributed by atoms with E-state index in [1.807, 2.05) is 12.1 Å². The van der Waals surface area contributed by atoms with E-state index in [1.54, 1.807) is 19.1 Å². The number of esters is 1. The van der Waals surface area contributed by atoms with E-state index in [1.165, 1.54) is 6.92 Å². The minimum Gasteiger partial charge on any atom is -0.632 e. The molecule has 152 valence electrons. The number of benzene rings is 1. The van der Waals surface area contributed by atoms with Crippen LogP contribution in [0, 0.1) is 28.2 Å². The highest BCUT2D eigenvalue weighted by molar-refractivity contribution is 6.02. The van der Waals surface area contributed by atoms with Crippen molar-refractivity contribution in [1.29, 1.82) is 0 Å². The normalized spacial score (nSPS) is 47.9. The fourth-order valence-corrected chi connectivity index (χ4v) is 7.90. The first-order valence-corrected chi connectivity index (χ1v) is 10.2. The van der Waals surface area contributed by atoms with Gasteiger partial charge in [0.05, 0.1) is 12.0 Å². The van der Waals surface area contributed by atoms with Crippen molar-refractivity contribution in [3.8, 4) is 0 Å². The molecule has 3 unspecified atom stereocenters. The second-order valence-corrected chi connectivity index (χ2v) is 9.33. The molecule has 0 aromatic heterocycles. The first kappa shape index (κ1) is 17.4. The highest BCUT2D eigenvalue weighted by Gasteiger charge is 2.83. The Morgan fingerprint density at radius 2 is 2.07 bits per heavy atom. The molecule has 6 aliphatic rings. The summed E-state index contributed by atoms with van der Waals surface area (Å²) >= 11 is 0. The molecule has 8 nitrogen and oxygen atoms in total. The van der Waals surface area contributed by atoms with E-state index in [0.29, 0.717) is 24.2 Å². The van der Waals surface area contributed by atoms with Gasteiger partial charge in [-0.3, -0.25) is 9.59 Å². The maximum Gasteiger partial charge on any atom is 0.312 e. The third kappa shape index (κ3) is 1.62. The molecule has 1 aromatic carbocycles. The number of nitrogens with zero attached hydrogens (tertiary/aromatic N) is 2. The average Bonchev–Trinajstić information content (AvgIpc) is 3.06. The van der Waals surface area contributed by atoms with Crippen molar-refractivity contribution < 1.29 is 28.8 Å². The summed E-state index contributed by atoms with van der Waals surface area (Å²) in [6, 6.07) is 5.69. The topological polar surface area (TPSA) is 113 Å². The Hall–Kier alpha value is -2.45. The molecule has 5 heterocycles. The van der Waals surface area contributed by atoms with Crippen molar-refractivity contribution in [3.63, 3.8) is 0 Å². The van der Waals surface area contributed by atoms with Crippen molar-refractivity contribution in [2.45, 2.75) is 56.3 Å². The first-order valence-electron chi connectivity index (χ1n) is 10.2. The van der Waals surface area contributed by atoms with Gasteiger partial charge in [-0.2, -0.15) is 4.74 Å². The second-order valence-electron chi connectivity index (χ2n) is 9.33. The number of quaternary nitrogens is 1. The predicted molar refractivity (Wildman–Crippen MR) is 100.0 cm³/mol. The molecule has 1 N–H and O–H groups in total. The Labute approximate surface area is 167 Å². The number of carboxylic acids is 1. The number of hydrogen-bond donors (Lipinski definition) is 1. The monoisotopic (exact) mass is 398 g/mol. The molecule has 1 aliphatic carbocycles. The van der Waals surface area contributed by atoms with Gasteiger partial charge in [0.15, 0.2) is 6.04 Å². The molecule has 1 saturated carbocycles. The maximum atomic E-state index is 14.4. The number of aliphatic carboxylic acids is 1. The fraction of sp³-hybridized carbons (Fsp3) is 0.571. The summed E-state index contributed by atoms with van der Waals surface area (Å²) in [6.07, 6.45) is 0.0972. The quantitative estimate of drug-likeness (QED) is 0.351. The van der Waals surface area contributed by atoms with Crippen LogP contribution in [0.3, 0.4) is 0 Å². The van der Waals surface area contributed by atoms with Gasteiger partial charge in [-0.1, -0.05) is 18.2 Å². The lowest BCUT2D eigenvalue weighted by Gasteiger charge is -2.68. The number of piperidine rings is 4. The number of carbonyl (C=O) groups is 2. The summed E-state index contributed by atoms with van der Waals surface area (Å²) in [5.41, 5.74) is 0.982. The van der Waals surface area contributed by atoms with Crippen molar-refractivity contribution in [2.24, 2.45) is 17.8 Å².